The fraction of sp³-hybridized carbons (Fsp3) is 0.938. The van der Waals surface area contributed by atoms with E-state index in [2.05, 4.69) is 43.2 Å². The minimum Gasteiger partial charge on any atom is -0.357 e. The fourth-order valence-electron chi connectivity index (χ4n) is 2.56. The van der Waals surface area contributed by atoms with Crippen LogP contribution in [0.5, 0.6) is 0 Å². The standard InChI is InChI=1S/C16H34N4/c1-5-17-16(18-6-2)19-13-15-8-11-20(12-9-15)10-7-14(3)4/h14-15H,5-13H2,1-4H3,(H2,17,18,19). The molecule has 1 saturated heterocycles. The van der Waals surface area contributed by atoms with Crippen LogP contribution in [-0.2, 0) is 0 Å². The Morgan fingerprint density at radius 2 is 1.75 bits per heavy atom. The van der Waals surface area contributed by atoms with Gasteiger partial charge in [-0.2, -0.15) is 0 Å². The van der Waals surface area contributed by atoms with Crippen molar-refractivity contribution in [2.24, 2.45) is 16.8 Å². The Balaban J connectivity index is 2.25. The van der Waals surface area contributed by atoms with Gasteiger partial charge in [-0.1, -0.05) is 13.8 Å². The van der Waals surface area contributed by atoms with Gasteiger partial charge in [0, 0.05) is 19.6 Å². The molecule has 0 bridgehead atoms. The molecule has 1 rings (SSSR count). The number of guanidine groups is 1. The number of nitrogens with one attached hydrogen (secondary N) is 2. The van der Waals surface area contributed by atoms with Gasteiger partial charge < -0.3 is 15.5 Å². The highest BCUT2D eigenvalue weighted by molar-refractivity contribution is 5.79. The molecule has 1 fully saturated rings. The van der Waals surface area contributed by atoms with Crippen LogP contribution in [0.4, 0.5) is 0 Å². The summed E-state index contributed by atoms with van der Waals surface area (Å²) >= 11 is 0. The zero-order chi connectivity index (χ0) is 14.8. The van der Waals surface area contributed by atoms with Gasteiger partial charge in [0.1, 0.15) is 0 Å². The molecule has 1 aliphatic heterocycles. The lowest BCUT2D eigenvalue weighted by Gasteiger charge is -2.31. The van der Waals surface area contributed by atoms with E-state index in [4.69, 9.17) is 4.99 Å². The summed E-state index contributed by atoms with van der Waals surface area (Å²) in [5, 5.41) is 6.59. The van der Waals surface area contributed by atoms with Crippen molar-refractivity contribution in [2.45, 2.75) is 47.0 Å². The highest BCUT2D eigenvalue weighted by atomic mass is 15.2. The first-order chi connectivity index (χ1) is 9.65. The summed E-state index contributed by atoms with van der Waals surface area (Å²) in [7, 11) is 0. The Kier molecular flexibility index (Phi) is 8.67. The zero-order valence-electron chi connectivity index (χ0n) is 13.9. The van der Waals surface area contributed by atoms with Crippen LogP contribution < -0.4 is 10.6 Å². The zero-order valence-corrected chi connectivity index (χ0v) is 13.9. The van der Waals surface area contributed by atoms with Crippen molar-refractivity contribution in [1.82, 2.24) is 15.5 Å². The second kappa shape index (κ2) is 10.0. The minimum absolute atomic E-state index is 0.762. The van der Waals surface area contributed by atoms with Gasteiger partial charge in [0.25, 0.3) is 0 Å². The molecule has 4 nitrogen and oxygen atoms in total. The average Bonchev–Trinajstić information content (AvgIpc) is 2.44. The van der Waals surface area contributed by atoms with Gasteiger partial charge in [-0.05, 0) is 64.6 Å². The van der Waals surface area contributed by atoms with Crippen molar-refractivity contribution in [1.29, 1.82) is 0 Å². The van der Waals surface area contributed by atoms with Gasteiger partial charge in [-0.25, -0.2) is 0 Å². The van der Waals surface area contributed by atoms with Crippen LogP contribution in [0.1, 0.15) is 47.0 Å². The van der Waals surface area contributed by atoms with Gasteiger partial charge in [0.15, 0.2) is 5.96 Å². The van der Waals surface area contributed by atoms with Crippen LogP contribution in [0, 0.1) is 11.8 Å². The number of rotatable bonds is 7. The highest BCUT2D eigenvalue weighted by Gasteiger charge is 2.18. The third-order valence-corrected chi connectivity index (χ3v) is 3.93. The smallest absolute Gasteiger partial charge is 0.191 e. The molecule has 0 spiro atoms. The van der Waals surface area contributed by atoms with Gasteiger partial charge in [0.2, 0.25) is 0 Å². The Bertz CT molecular complexity index is 260. The largest absolute Gasteiger partial charge is 0.357 e. The van der Waals surface area contributed by atoms with Crippen molar-refractivity contribution in [3.63, 3.8) is 0 Å². The first-order valence-electron chi connectivity index (χ1n) is 8.40. The van der Waals surface area contributed by atoms with Crippen molar-refractivity contribution >= 4 is 5.96 Å². The molecule has 0 aromatic heterocycles. The van der Waals surface area contributed by atoms with Crippen LogP contribution >= 0.6 is 0 Å². The van der Waals surface area contributed by atoms with Crippen LogP contribution in [0.3, 0.4) is 0 Å². The fourth-order valence-corrected chi connectivity index (χ4v) is 2.56. The number of aliphatic imine (C=N–C) groups is 1. The van der Waals surface area contributed by atoms with E-state index in [1.165, 1.54) is 38.9 Å². The molecule has 0 radical (unpaired) electrons. The predicted molar refractivity (Wildman–Crippen MR) is 88.3 cm³/mol. The van der Waals surface area contributed by atoms with Crippen LogP contribution in [0.15, 0.2) is 4.99 Å². The molecule has 0 atom stereocenters. The van der Waals surface area contributed by atoms with Crippen LogP contribution in [0.2, 0.25) is 0 Å². The molecule has 118 valence electrons. The van der Waals surface area contributed by atoms with Crippen molar-refractivity contribution in [3.8, 4) is 0 Å². The van der Waals surface area contributed by atoms with E-state index in [0.29, 0.717) is 0 Å². The van der Waals surface area contributed by atoms with E-state index in [9.17, 15) is 0 Å². The van der Waals surface area contributed by atoms with E-state index in [0.717, 1.165) is 37.4 Å². The topological polar surface area (TPSA) is 39.7 Å². The molecule has 0 aliphatic carbocycles. The number of hydrogen-bond acceptors (Lipinski definition) is 2. The summed E-state index contributed by atoms with van der Waals surface area (Å²) in [4.78, 5) is 7.32. The number of hydrogen-bond donors (Lipinski definition) is 2. The molecule has 1 aliphatic rings. The van der Waals surface area contributed by atoms with Gasteiger partial charge in [0.05, 0.1) is 0 Å². The molecule has 1 heterocycles. The second-order valence-corrected chi connectivity index (χ2v) is 6.22. The molecule has 0 amide bonds. The van der Waals surface area contributed by atoms with E-state index >= 15 is 0 Å². The predicted octanol–water partition coefficient (Wildman–Crippen LogP) is 2.32. The molecule has 0 unspecified atom stereocenters. The lowest BCUT2D eigenvalue weighted by molar-refractivity contribution is 0.180. The van der Waals surface area contributed by atoms with Crippen LogP contribution in [-0.4, -0.2) is 50.1 Å². The molecule has 0 aromatic rings. The van der Waals surface area contributed by atoms with Crippen molar-refractivity contribution in [3.05, 3.63) is 0 Å². The maximum absolute atomic E-state index is 4.70. The third-order valence-electron chi connectivity index (χ3n) is 3.93. The molecule has 0 aromatic carbocycles. The summed E-state index contributed by atoms with van der Waals surface area (Å²) in [5.74, 6) is 2.55. The quantitative estimate of drug-likeness (QED) is 0.556. The van der Waals surface area contributed by atoms with Crippen molar-refractivity contribution < 1.29 is 0 Å². The molecular weight excluding hydrogens is 248 g/mol. The summed E-state index contributed by atoms with van der Waals surface area (Å²) in [6.07, 6.45) is 3.92. The third kappa shape index (κ3) is 7.13. The average molecular weight is 282 g/mol. The van der Waals surface area contributed by atoms with E-state index in [-0.39, 0.29) is 0 Å². The first-order valence-corrected chi connectivity index (χ1v) is 8.40. The summed E-state index contributed by atoms with van der Waals surface area (Å²) in [5.41, 5.74) is 0. The lowest BCUT2D eigenvalue weighted by atomic mass is 9.96. The summed E-state index contributed by atoms with van der Waals surface area (Å²) < 4.78 is 0. The second-order valence-electron chi connectivity index (χ2n) is 6.22. The van der Waals surface area contributed by atoms with Gasteiger partial charge >= 0.3 is 0 Å². The maximum Gasteiger partial charge on any atom is 0.191 e. The molecule has 20 heavy (non-hydrogen) atoms. The number of piperidine rings is 1. The van der Waals surface area contributed by atoms with Crippen molar-refractivity contribution in [2.75, 3.05) is 39.3 Å². The SMILES string of the molecule is CCNC(=NCC1CCN(CCC(C)C)CC1)NCC. The van der Waals surface area contributed by atoms with Crippen LogP contribution in [0.25, 0.3) is 0 Å². The number of likely N-dealkylation sites (tertiary alicyclic amines) is 1. The summed E-state index contributed by atoms with van der Waals surface area (Å²) in [6.45, 7) is 15.4. The Hall–Kier alpha value is -0.770. The lowest BCUT2D eigenvalue weighted by Crippen LogP contribution is -2.38. The minimum atomic E-state index is 0.762. The number of nitrogens with zero attached hydrogens (tertiary/aromatic N) is 2. The summed E-state index contributed by atoms with van der Waals surface area (Å²) in [6, 6.07) is 0. The monoisotopic (exact) mass is 282 g/mol. The molecular formula is C16H34N4. The van der Waals surface area contributed by atoms with Gasteiger partial charge in [-0.15, -0.1) is 0 Å². The Morgan fingerprint density at radius 1 is 1.15 bits per heavy atom. The Morgan fingerprint density at radius 3 is 2.25 bits per heavy atom. The van der Waals surface area contributed by atoms with E-state index < -0.39 is 0 Å². The van der Waals surface area contributed by atoms with Gasteiger partial charge in [-0.3, -0.25) is 4.99 Å². The Labute approximate surface area is 125 Å². The first kappa shape index (κ1) is 17.3. The molecule has 4 heteroatoms. The van der Waals surface area contributed by atoms with E-state index in [1.54, 1.807) is 0 Å². The molecule has 2 N–H and O–H groups in total. The normalized spacial score (nSPS) is 17.2. The highest BCUT2D eigenvalue weighted by Crippen LogP contribution is 2.18. The maximum atomic E-state index is 4.70. The van der Waals surface area contributed by atoms with E-state index in [1.807, 2.05) is 0 Å². The molecule has 0 saturated carbocycles.